The summed E-state index contributed by atoms with van der Waals surface area (Å²) >= 11 is 0. The third-order valence-corrected chi connectivity index (χ3v) is 10.1. The number of likely N-dealkylation sites (N-methyl/N-ethyl adjacent to an activating group) is 2. The van der Waals surface area contributed by atoms with Crippen LogP contribution in [0.3, 0.4) is 0 Å². The molecule has 2 fully saturated rings. The van der Waals surface area contributed by atoms with Gasteiger partial charge in [-0.3, -0.25) is 14.6 Å². The van der Waals surface area contributed by atoms with Crippen molar-refractivity contribution in [3.05, 3.63) is 59.2 Å². The molecule has 1 amide bonds. The van der Waals surface area contributed by atoms with E-state index in [1.807, 2.05) is 45.0 Å². The number of aryl methyl sites for hydroxylation is 2. The van der Waals surface area contributed by atoms with Crippen molar-refractivity contribution in [1.82, 2.24) is 19.0 Å². The molecule has 2 aliphatic rings. The van der Waals surface area contributed by atoms with Gasteiger partial charge in [0.05, 0.1) is 18.6 Å². The summed E-state index contributed by atoms with van der Waals surface area (Å²) in [5.74, 6) is 0.781. The number of nitrogens with zero attached hydrogens (tertiary/aromatic N) is 4. The molecule has 1 heterocycles. The first-order valence-corrected chi connectivity index (χ1v) is 15.5. The van der Waals surface area contributed by atoms with Crippen LogP contribution in [0.2, 0.25) is 0 Å². The second-order valence-corrected chi connectivity index (χ2v) is 12.7. The first kappa shape index (κ1) is 30.7. The van der Waals surface area contributed by atoms with Gasteiger partial charge in [0.1, 0.15) is 23.3 Å². The molecule has 3 atom stereocenters. The van der Waals surface area contributed by atoms with Gasteiger partial charge in [0.2, 0.25) is 5.91 Å². The van der Waals surface area contributed by atoms with Crippen molar-refractivity contribution >= 4 is 16.9 Å². The number of carbonyl (C=O) groups excluding carboxylic acids is 1. The van der Waals surface area contributed by atoms with Crippen LogP contribution in [-0.4, -0.2) is 108 Å². The highest BCUT2D eigenvalue weighted by molar-refractivity contribution is 7.82. The summed E-state index contributed by atoms with van der Waals surface area (Å²) in [6, 6.07) is 15.3. The van der Waals surface area contributed by atoms with E-state index in [9.17, 15) is 9.00 Å². The molecule has 0 radical (unpaired) electrons. The second-order valence-electron chi connectivity index (χ2n) is 11.2. The maximum atomic E-state index is 13.1. The predicted octanol–water partition coefficient (Wildman–Crippen LogP) is 3.48. The molecule has 40 heavy (non-hydrogen) atoms. The highest BCUT2D eigenvalue weighted by atomic mass is 32.2. The number of rotatable bonds is 12. The van der Waals surface area contributed by atoms with Crippen molar-refractivity contribution in [1.29, 1.82) is 0 Å². The number of amides is 1. The van der Waals surface area contributed by atoms with Gasteiger partial charge in [-0.15, -0.1) is 0 Å². The van der Waals surface area contributed by atoms with E-state index in [-0.39, 0.29) is 18.6 Å². The summed E-state index contributed by atoms with van der Waals surface area (Å²) < 4.78 is 25.9. The van der Waals surface area contributed by atoms with E-state index < -0.39 is 11.0 Å². The van der Waals surface area contributed by atoms with E-state index >= 15 is 0 Å². The Balaban J connectivity index is 1.15. The van der Waals surface area contributed by atoms with Crippen LogP contribution < -0.4 is 4.74 Å². The van der Waals surface area contributed by atoms with Crippen molar-refractivity contribution in [3.8, 4) is 5.75 Å². The summed E-state index contributed by atoms with van der Waals surface area (Å²) in [5.41, 5.74) is 3.24. The maximum Gasteiger partial charge on any atom is 0.248 e. The minimum absolute atomic E-state index is 0.0175. The molecule has 2 unspecified atom stereocenters. The fraction of sp³-hybridized carbons (Fsp3) is 0.581. The molecule has 9 heteroatoms. The zero-order valence-electron chi connectivity index (χ0n) is 24.8. The molecule has 0 N–H and O–H groups in total. The van der Waals surface area contributed by atoms with Gasteiger partial charge in [0.25, 0.3) is 0 Å². The fourth-order valence-electron chi connectivity index (χ4n) is 5.95. The standard InChI is InChI=1S/C31H46N4O4S/c1-24-19-29(38-5)20-25(2)31(24)40(37)32(3)17-18-39-23-30(36)33(4)27-11-12-28(21-27)35-15-13-34(14-16-35)22-26-9-7-6-8-10-26/h6-10,19-20,27-28H,11-18,21-23H2,1-5H3/t27?,28-,40?/m0/s1. The maximum absolute atomic E-state index is 13.1. The van der Waals surface area contributed by atoms with Gasteiger partial charge in [-0.1, -0.05) is 30.3 Å². The molecule has 0 spiro atoms. The Morgan fingerprint density at radius 3 is 2.35 bits per heavy atom. The SMILES string of the molecule is COc1cc(C)c(S(=O)N(C)CCOCC(=O)N(C)C2CC[C@H](N3CCN(Cc4ccccc4)CC3)C2)c(C)c1. The molecule has 4 rings (SSSR count). The molecule has 0 bridgehead atoms. The number of methoxy groups -OCH3 is 1. The summed E-state index contributed by atoms with van der Waals surface area (Å²) in [5, 5.41) is 0. The largest absolute Gasteiger partial charge is 0.497 e. The quantitative estimate of drug-likeness (QED) is 0.364. The fourth-order valence-corrected chi connectivity index (χ4v) is 7.17. The van der Waals surface area contributed by atoms with Crippen LogP contribution in [0.1, 0.15) is 36.0 Å². The molecule has 1 aliphatic heterocycles. The minimum Gasteiger partial charge on any atom is -0.497 e. The van der Waals surface area contributed by atoms with Crippen LogP contribution in [0.4, 0.5) is 0 Å². The molecule has 1 saturated carbocycles. The monoisotopic (exact) mass is 570 g/mol. The number of hydrogen-bond acceptors (Lipinski definition) is 6. The Kier molecular flexibility index (Phi) is 11.1. The van der Waals surface area contributed by atoms with E-state index in [1.165, 1.54) is 5.56 Å². The topological polar surface area (TPSA) is 65.6 Å². The first-order chi connectivity index (χ1) is 19.3. The summed E-state index contributed by atoms with van der Waals surface area (Å²) in [6.45, 7) is 10.1. The zero-order valence-corrected chi connectivity index (χ0v) is 25.6. The van der Waals surface area contributed by atoms with Gasteiger partial charge >= 0.3 is 0 Å². The van der Waals surface area contributed by atoms with Crippen LogP contribution in [-0.2, 0) is 27.1 Å². The van der Waals surface area contributed by atoms with Crippen molar-refractivity contribution in [2.24, 2.45) is 0 Å². The summed E-state index contributed by atoms with van der Waals surface area (Å²) in [7, 11) is 4.05. The van der Waals surface area contributed by atoms with Gasteiger partial charge in [-0.25, -0.2) is 8.51 Å². The second kappa shape index (κ2) is 14.5. The number of piperazine rings is 1. The highest BCUT2D eigenvalue weighted by Crippen LogP contribution is 2.29. The van der Waals surface area contributed by atoms with Gasteiger partial charge < -0.3 is 14.4 Å². The molecular formula is C31H46N4O4S. The van der Waals surface area contributed by atoms with E-state index in [4.69, 9.17) is 9.47 Å². The van der Waals surface area contributed by atoms with Crippen LogP contribution in [0.15, 0.2) is 47.4 Å². The molecular weight excluding hydrogens is 524 g/mol. The number of carbonyl (C=O) groups is 1. The lowest BCUT2D eigenvalue weighted by molar-refractivity contribution is -0.136. The van der Waals surface area contributed by atoms with E-state index in [0.717, 1.165) is 73.8 Å². The third kappa shape index (κ3) is 7.91. The Morgan fingerprint density at radius 2 is 1.70 bits per heavy atom. The Labute approximate surface area is 242 Å². The Hall–Kier alpha value is -2.30. The predicted molar refractivity (Wildman–Crippen MR) is 160 cm³/mol. The minimum atomic E-state index is -1.31. The van der Waals surface area contributed by atoms with E-state index in [1.54, 1.807) is 11.4 Å². The molecule has 1 aliphatic carbocycles. The van der Waals surface area contributed by atoms with Crippen LogP contribution >= 0.6 is 0 Å². The lowest BCUT2D eigenvalue weighted by atomic mass is 10.1. The zero-order chi connectivity index (χ0) is 28.6. The molecule has 2 aromatic carbocycles. The van der Waals surface area contributed by atoms with E-state index in [2.05, 4.69) is 40.1 Å². The van der Waals surface area contributed by atoms with Crippen molar-refractivity contribution < 1.29 is 18.5 Å². The van der Waals surface area contributed by atoms with Gasteiger partial charge in [0, 0.05) is 65.4 Å². The Morgan fingerprint density at radius 1 is 1.02 bits per heavy atom. The lowest BCUT2D eigenvalue weighted by Gasteiger charge is -2.38. The van der Waals surface area contributed by atoms with Crippen molar-refractivity contribution in [3.63, 3.8) is 0 Å². The highest BCUT2D eigenvalue weighted by Gasteiger charge is 2.34. The van der Waals surface area contributed by atoms with Crippen molar-refractivity contribution in [2.45, 2.75) is 56.6 Å². The Bertz CT molecular complexity index is 1120. The molecule has 2 aromatic rings. The van der Waals surface area contributed by atoms with Crippen molar-refractivity contribution in [2.75, 3.05) is 67.1 Å². The van der Waals surface area contributed by atoms with Gasteiger partial charge in [0.15, 0.2) is 0 Å². The van der Waals surface area contributed by atoms with Gasteiger partial charge in [-0.2, -0.15) is 0 Å². The molecule has 1 saturated heterocycles. The molecule has 220 valence electrons. The summed E-state index contributed by atoms with van der Waals surface area (Å²) in [6.07, 6.45) is 3.21. The molecule has 8 nitrogen and oxygen atoms in total. The average Bonchev–Trinajstić information content (AvgIpc) is 3.45. The number of hydrogen-bond donors (Lipinski definition) is 0. The average molecular weight is 571 g/mol. The number of benzene rings is 2. The number of ether oxygens (including phenoxy) is 2. The van der Waals surface area contributed by atoms with Crippen LogP contribution in [0.5, 0.6) is 5.75 Å². The first-order valence-electron chi connectivity index (χ1n) is 14.4. The van der Waals surface area contributed by atoms with E-state index in [0.29, 0.717) is 19.2 Å². The van der Waals surface area contributed by atoms with Crippen LogP contribution in [0.25, 0.3) is 0 Å². The normalized spacial score (nSPS) is 21.1. The smallest absolute Gasteiger partial charge is 0.248 e. The lowest BCUT2D eigenvalue weighted by Crippen LogP contribution is -2.49. The van der Waals surface area contributed by atoms with Crippen LogP contribution in [0, 0.1) is 13.8 Å². The summed E-state index contributed by atoms with van der Waals surface area (Å²) in [4.78, 5) is 20.7. The third-order valence-electron chi connectivity index (χ3n) is 8.39. The molecule has 0 aromatic heterocycles. The van der Waals surface area contributed by atoms with Gasteiger partial charge in [-0.05, 0) is 61.9 Å².